The Labute approximate surface area is 377 Å². The van der Waals surface area contributed by atoms with E-state index in [1.165, 1.54) is 5.56 Å². The highest BCUT2D eigenvalue weighted by Crippen LogP contribution is 2.53. The minimum absolute atomic E-state index is 0.0105. The topological polar surface area (TPSA) is 118 Å². The number of carbonyl (C=O) groups is 4. The van der Waals surface area contributed by atoms with Crippen molar-refractivity contribution in [3.63, 3.8) is 0 Å². The SMILES string of the molecule is Cc1ncsc1-c1ccc(CNC(=O)[C@@H]2CCCN2C(=O)[C@@H](C(C)C)N2Cc3ccc(N4CCN(CCCc5ccc(C(=O)NC6C(C)(C)CC6(C)C)cc5)CC4)cc3C2=O)cc1. The van der Waals surface area contributed by atoms with Crippen LogP contribution in [0.3, 0.4) is 0 Å². The number of aromatic nitrogens is 1. The zero-order valence-corrected chi connectivity index (χ0v) is 39.0. The molecule has 3 aromatic carbocycles. The molecule has 8 rings (SSSR count). The number of nitrogens with zero attached hydrogens (tertiary/aromatic N) is 5. The van der Waals surface area contributed by atoms with Gasteiger partial charge in [0.25, 0.3) is 11.8 Å². The van der Waals surface area contributed by atoms with E-state index in [4.69, 9.17) is 0 Å². The molecule has 2 saturated heterocycles. The van der Waals surface area contributed by atoms with Gasteiger partial charge in [-0.25, -0.2) is 4.98 Å². The van der Waals surface area contributed by atoms with E-state index in [-0.39, 0.29) is 46.4 Å². The number of carbonyl (C=O) groups excluding carboxylic acids is 4. The van der Waals surface area contributed by atoms with E-state index >= 15 is 0 Å². The molecule has 2 atom stereocenters. The minimum Gasteiger partial charge on any atom is -0.369 e. The van der Waals surface area contributed by atoms with Crippen molar-refractivity contribution < 1.29 is 19.2 Å². The summed E-state index contributed by atoms with van der Waals surface area (Å²) in [5, 5.41) is 6.38. The standard InChI is InChI=1S/C51H65N7O4S/c1-33(2)43(48(62)57-23-9-11-42(57)46(60)52-29-36-14-16-37(17-15-36)44-34(3)53-32-63-44)58-30-39-20-21-40(28-41(39)47(58)61)56-26-24-55(25-27-56)22-8-10-35-12-18-38(19-13-35)45(59)54-49-50(4,5)31-51(49,6)7/h12-21,28,32-33,42-43,49H,8-11,22-27,29-31H2,1-7H3,(H,52,60)(H,54,59)/t42-,43+/m0/s1. The lowest BCUT2D eigenvalue weighted by Crippen LogP contribution is -2.63. The van der Waals surface area contributed by atoms with Crippen molar-refractivity contribution in [3.05, 3.63) is 106 Å². The number of rotatable bonds is 14. The molecule has 4 aromatic rings. The van der Waals surface area contributed by atoms with Crippen molar-refractivity contribution in [3.8, 4) is 10.4 Å². The van der Waals surface area contributed by atoms with Gasteiger partial charge < -0.3 is 25.3 Å². The lowest BCUT2D eigenvalue weighted by atomic mass is 9.52. The molecule has 0 unspecified atom stereocenters. The van der Waals surface area contributed by atoms with E-state index in [0.717, 1.165) is 96.9 Å². The van der Waals surface area contributed by atoms with Crippen LogP contribution in [-0.2, 0) is 29.1 Å². The molecule has 1 aliphatic carbocycles. The van der Waals surface area contributed by atoms with Gasteiger partial charge >= 0.3 is 0 Å². The van der Waals surface area contributed by atoms with Crippen LogP contribution in [0.2, 0.25) is 0 Å². The van der Waals surface area contributed by atoms with Gasteiger partial charge in [-0.3, -0.25) is 24.1 Å². The molecular weight excluding hydrogens is 807 g/mol. The molecule has 1 saturated carbocycles. The number of piperazine rings is 1. The molecule has 63 heavy (non-hydrogen) atoms. The van der Waals surface area contributed by atoms with Crippen LogP contribution >= 0.6 is 11.3 Å². The Morgan fingerprint density at radius 3 is 2.24 bits per heavy atom. The van der Waals surface area contributed by atoms with Gasteiger partial charge in [0.1, 0.15) is 12.1 Å². The second kappa shape index (κ2) is 18.2. The first-order chi connectivity index (χ1) is 30.1. The van der Waals surface area contributed by atoms with Gasteiger partial charge in [0.15, 0.2) is 0 Å². The highest BCUT2D eigenvalue weighted by atomic mass is 32.1. The summed E-state index contributed by atoms with van der Waals surface area (Å²) in [7, 11) is 0. The van der Waals surface area contributed by atoms with Crippen LogP contribution in [-0.4, -0.2) is 101 Å². The highest BCUT2D eigenvalue weighted by molar-refractivity contribution is 7.13. The Hall–Kier alpha value is -5.07. The maximum Gasteiger partial charge on any atom is 0.255 e. The number of amides is 4. The molecule has 3 fully saturated rings. The van der Waals surface area contributed by atoms with E-state index in [1.54, 1.807) is 21.1 Å². The zero-order chi connectivity index (χ0) is 44.6. The molecule has 4 heterocycles. The Kier molecular flexibility index (Phi) is 12.9. The van der Waals surface area contributed by atoms with Crippen molar-refractivity contribution >= 4 is 40.7 Å². The first-order valence-electron chi connectivity index (χ1n) is 23.0. The van der Waals surface area contributed by atoms with Gasteiger partial charge in [-0.15, -0.1) is 11.3 Å². The second-order valence-corrected chi connectivity index (χ2v) is 20.9. The number of hydrogen-bond acceptors (Lipinski definition) is 8. The molecule has 4 amide bonds. The maximum absolute atomic E-state index is 14.4. The Bertz CT molecular complexity index is 2300. The number of aryl methyl sites for hydroxylation is 2. The smallest absolute Gasteiger partial charge is 0.255 e. The Morgan fingerprint density at radius 2 is 1.59 bits per heavy atom. The molecule has 0 spiro atoms. The zero-order valence-electron chi connectivity index (χ0n) is 38.2. The van der Waals surface area contributed by atoms with Crippen LogP contribution in [0.15, 0.2) is 72.2 Å². The summed E-state index contributed by atoms with van der Waals surface area (Å²) in [4.78, 5) is 69.0. The summed E-state index contributed by atoms with van der Waals surface area (Å²) in [6.45, 7) is 20.8. The van der Waals surface area contributed by atoms with Crippen molar-refractivity contribution in [2.45, 2.75) is 112 Å². The third-order valence-electron chi connectivity index (χ3n) is 14.1. The molecule has 1 aromatic heterocycles. The first kappa shape index (κ1) is 44.5. The number of hydrogen-bond donors (Lipinski definition) is 2. The van der Waals surface area contributed by atoms with Crippen LogP contribution < -0.4 is 15.5 Å². The van der Waals surface area contributed by atoms with Gasteiger partial charge in [-0.1, -0.05) is 84.0 Å². The summed E-state index contributed by atoms with van der Waals surface area (Å²) in [6.07, 6.45) is 4.46. The molecular formula is C51H65N7O4S. The van der Waals surface area contributed by atoms with Gasteiger partial charge in [0.2, 0.25) is 11.8 Å². The minimum atomic E-state index is -0.664. The quantitative estimate of drug-likeness (QED) is 0.133. The summed E-state index contributed by atoms with van der Waals surface area (Å²) >= 11 is 1.61. The molecule has 4 aliphatic rings. The van der Waals surface area contributed by atoms with E-state index in [0.29, 0.717) is 31.6 Å². The third-order valence-corrected chi connectivity index (χ3v) is 15.0. The Balaban J connectivity index is 0.807. The van der Waals surface area contributed by atoms with Crippen LogP contribution in [0, 0.1) is 23.7 Å². The van der Waals surface area contributed by atoms with Gasteiger partial charge in [-0.05, 0) is 109 Å². The fourth-order valence-corrected chi connectivity index (χ4v) is 11.9. The first-order valence-corrected chi connectivity index (χ1v) is 23.9. The monoisotopic (exact) mass is 871 g/mol. The molecule has 0 bridgehead atoms. The molecule has 0 radical (unpaired) electrons. The van der Waals surface area contributed by atoms with Crippen molar-refractivity contribution in [2.75, 3.05) is 44.2 Å². The van der Waals surface area contributed by atoms with Crippen molar-refractivity contribution in [1.29, 1.82) is 0 Å². The fourth-order valence-electron chi connectivity index (χ4n) is 11.1. The van der Waals surface area contributed by atoms with E-state index in [1.807, 2.05) is 56.6 Å². The maximum atomic E-state index is 14.4. The second-order valence-electron chi connectivity index (χ2n) is 20.0. The summed E-state index contributed by atoms with van der Waals surface area (Å²) in [5.74, 6) is -0.542. The van der Waals surface area contributed by atoms with Crippen molar-refractivity contribution in [1.82, 2.24) is 30.3 Å². The van der Waals surface area contributed by atoms with Crippen LogP contribution in [0.5, 0.6) is 0 Å². The molecule has 3 aliphatic heterocycles. The molecule has 12 heteroatoms. The number of fused-ring (bicyclic) bond motifs is 1. The van der Waals surface area contributed by atoms with Gasteiger partial charge in [-0.2, -0.15) is 0 Å². The summed E-state index contributed by atoms with van der Waals surface area (Å²) < 4.78 is 0. The van der Waals surface area contributed by atoms with Crippen molar-refractivity contribution in [2.24, 2.45) is 16.7 Å². The number of likely N-dealkylation sites (tertiary alicyclic amines) is 1. The number of nitrogens with one attached hydrogen (secondary N) is 2. The van der Waals surface area contributed by atoms with E-state index in [2.05, 4.69) is 89.5 Å². The largest absolute Gasteiger partial charge is 0.369 e. The molecule has 2 N–H and O–H groups in total. The van der Waals surface area contributed by atoms with Gasteiger partial charge in [0, 0.05) is 68.7 Å². The normalized spacial score (nSPS) is 20.2. The lowest BCUT2D eigenvalue weighted by molar-refractivity contribution is -0.143. The van der Waals surface area contributed by atoms with Gasteiger partial charge in [0.05, 0.1) is 16.1 Å². The van der Waals surface area contributed by atoms with E-state index in [9.17, 15) is 19.2 Å². The summed E-state index contributed by atoms with van der Waals surface area (Å²) in [5.41, 5.74) is 9.79. The van der Waals surface area contributed by atoms with Crippen LogP contribution in [0.25, 0.3) is 10.4 Å². The summed E-state index contributed by atoms with van der Waals surface area (Å²) in [6, 6.07) is 21.4. The third kappa shape index (κ3) is 9.44. The lowest BCUT2D eigenvalue weighted by Gasteiger charge is -2.57. The average Bonchev–Trinajstić information content (AvgIpc) is 4.01. The Morgan fingerprint density at radius 1 is 0.889 bits per heavy atom. The highest BCUT2D eigenvalue weighted by Gasteiger charge is 2.53. The molecule has 11 nitrogen and oxygen atoms in total. The average molecular weight is 872 g/mol. The number of anilines is 1. The number of benzene rings is 3. The number of thiazole rings is 1. The fraction of sp³-hybridized carbons (Fsp3) is 0.510. The van der Waals surface area contributed by atoms with Crippen LogP contribution in [0.4, 0.5) is 5.69 Å². The molecule has 334 valence electrons. The van der Waals surface area contributed by atoms with Crippen LogP contribution in [0.1, 0.15) is 110 Å². The van der Waals surface area contributed by atoms with E-state index < -0.39 is 12.1 Å². The predicted molar refractivity (Wildman–Crippen MR) is 251 cm³/mol. The predicted octanol–water partition coefficient (Wildman–Crippen LogP) is 7.72.